The van der Waals surface area contributed by atoms with Gasteiger partial charge in [-0.25, -0.2) is 0 Å². The van der Waals surface area contributed by atoms with Gasteiger partial charge in [-0.15, -0.1) is 0 Å². The van der Waals surface area contributed by atoms with Crippen LogP contribution in [-0.4, -0.2) is 88.5 Å². The Kier molecular flexibility index (Phi) is 10.3. The van der Waals surface area contributed by atoms with E-state index in [0.29, 0.717) is 22.6 Å². The van der Waals surface area contributed by atoms with Gasteiger partial charge in [-0.2, -0.15) is 27.0 Å². The van der Waals surface area contributed by atoms with Crippen molar-refractivity contribution < 1.29 is 35.5 Å². The first-order chi connectivity index (χ1) is 22.9. The number of fused-ring (bicyclic) bond motifs is 2. The van der Waals surface area contributed by atoms with E-state index in [2.05, 4.69) is 31.0 Å². The van der Waals surface area contributed by atoms with Crippen LogP contribution in [0.5, 0.6) is 0 Å². The van der Waals surface area contributed by atoms with E-state index in [4.69, 9.17) is 0 Å². The molecule has 6 rings (SSSR count). The molecule has 17 heteroatoms. The number of hydrogen-bond acceptors (Lipinski definition) is 12. The molecule has 0 saturated heterocycles. The molecule has 2 heterocycles. The van der Waals surface area contributed by atoms with Gasteiger partial charge in [0, 0.05) is 53.1 Å². The molecule has 0 atom stereocenters. The van der Waals surface area contributed by atoms with Crippen molar-refractivity contribution in [1.29, 1.82) is 0 Å². The van der Waals surface area contributed by atoms with Gasteiger partial charge < -0.3 is 0 Å². The number of pyridine rings is 2. The molecule has 2 aliphatic rings. The van der Waals surface area contributed by atoms with E-state index in [-0.39, 0.29) is 75.0 Å². The summed E-state index contributed by atoms with van der Waals surface area (Å²) in [7, 11) is -9.56. The Morgan fingerprint density at radius 2 is 1.02 bits per heavy atom. The fraction of sp³-hybridized carbons (Fsp3) is 0. The second-order valence-electron chi connectivity index (χ2n) is 10.2. The predicted molar refractivity (Wildman–Crippen MR) is 183 cm³/mol. The summed E-state index contributed by atoms with van der Waals surface area (Å²) >= 11 is 0. The van der Waals surface area contributed by atoms with Crippen molar-refractivity contribution in [2.24, 2.45) is 10.2 Å². The van der Waals surface area contributed by atoms with Crippen LogP contribution in [0, 0.1) is 0 Å². The van der Waals surface area contributed by atoms with Crippen LogP contribution in [0.4, 0.5) is 11.4 Å². The fourth-order valence-electron chi connectivity index (χ4n) is 4.82. The number of nitrogens with zero attached hydrogens (tertiary/aromatic N) is 4. The van der Waals surface area contributed by atoms with Gasteiger partial charge in [-0.1, -0.05) is 24.3 Å². The van der Waals surface area contributed by atoms with Crippen LogP contribution in [0.1, 0.15) is 43.2 Å². The average molecular weight is 706 g/mol. The molecule has 0 unspecified atom stereocenters. The smallest absolute Gasteiger partial charge is 0.288 e. The van der Waals surface area contributed by atoms with Gasteiger partial charge in [-0.05, 0) is 84.0 Å². The number of allylic oxidation sites excluding steroid dienone is 4. The van der Waals surface area contributed by atoms with Crippen molar-refractivity contribution in [3.63, 3.8) is 0 Å². The van der Waals surface area contributed by atoms with Gasteiger partial charge >= 0.3 is 0 Å². The molecule has 2 aromatic carbocycles. The minimum atomic E-state index is -4.78. The van der Waals surface area contributed by atoms with E-state index < -0.39 is 30.0 Å². The van der Waals surface area contributed by atoms with Crippen LogP contribution in [-0.2, 0) is 20.2 Å². The van der Waals surface area contributed by atoms with Crippen molar-refractivity contribution >= 4 is 96.3 Å². The molecule has 0 saturated carbocycles. The third kappa shape index (κ3) is 7.87. The summed E-state index contributed by atoms with van der Waals surface area (Å²) in [5.41, 5.74) is 7.85. The van der Waals surface area contributed by atoms with E-state index in [9.17, 15) is 35.5 Å². The van der Waals surface area contributed by atoms with Crippen LogP contribution in [0.3, 0.4) is 0 Å². The predicted octanol–water partition coefficient (Wildman–Crippen LogP) is 3.90. The number of rotatable bonds is 8. The Hall–Kier alpha value is -4.94. The van der Waals surface area contributed by atoms with E-state index in [0.717, 1.165) is 12.1 Å². The van der Waals surface area contributed by atoms with Crippen LogP contribution >= 0.6 is 0 Å². The van der Waals surface area contributed by atoms with Gasteiger partial charge in [0.15, 0.2) is 0 Å². The maximum absolute atomic E-state index is 12.3. The van der Waals surface area contributed by atoms with Gasteiger partial charge in [0.1, 0.15) is 21.2 Å². The fourth-order valence-corrected chi connectivity index (χ4v) is 6.24. The van der Waals surface area contributed by atoms with Crippen LogP contribution < -0.4 is 10.9 Å². The van der Waals surface area contributed by atoms with Crippen molar-refractivity contribution in [2.45, 2.75) is 9.79 Å². The largest absolute Gasteiger partial charge is 0.295 e. The Labute approximate surface area is 301 Å². The monoisotopic (exact) mass is 705 g/mol. The van der Waals surface area contributed by atoms with Crippen LogP contribution in [0.15, 0.2) is 117 Å². The first-order valence-electron chi connectivity index (χ1n) is 13.8. The van der Waals surface area contributed by atoms with E-state index >= 15 is 0 Å². The Morgan fingerprint density at radius 1 is 0.612 bits per heavy atom. The number of benzene rings is 2. The maximum atomic E-state index is 12.3. The maximum Gasteiger partial charge on any atom is 0.295 e. The zero-order chi connectivity index (χ0) is 34.1. The minimum Gasteiger partial charge on any atom is -0.288 e. The summed E-state index contributed by atoms with van der Waals surface area (Å²) in [4.78, 5) is 31.3. The van der Waals surface area contributed by atoms with Crippen molar-refractivity contribution in [1.82, 2.24) is 9.97 Å². The summed E-state index contributed by atoms with van der Waals surface area (Å²) in [6, 6.07) is 14.5. The number of anilines is 2. The number of ketones is 2. The molecule has 4 aromatic rings. The average Bonchev–Trinajstić information content (AvgIpc) is 3.06. The standard InChI is InChI=1S/C32H22N6O8S2.Na/c39-27-13-11-25(23-3-1-15-33-31(23)27)37-35-21-9-7-19(29(17-21)47(41,42)43)5-6-20-8-10-22(18-30(20)48(44,45)46)36-38-26-12-14-28(40)32-24(26)4-2-16-34-32;/h1-18,35-36H,(H,41,42,43)(H,44,45,46);. The summed E-state index contributed by atoms with van der Waals surface area (Å²) in [6.45, 7) is 0. The van der Waals surface area contributed by atoms with Crippen molar-refractivity contribution in [2.75, 3.05) is 10.9 Å². The van der Waals surface area contributed by atoms with E-state index in [1.54, 1.807) is 24.3 Å². The van der Waals surface area contributed by atoms with Gasteiger partial charge in [0.25, 0.3) is 20.2 Å². The van der Waals surface area contributed by atoms with E-state index in [1.807, 2.05) is 0 Å². The molecular weight excluding hydrogens is 684 g/mol. The van der Waals surface area contributed by atoms with Crippen LogP contribution in [0.25, 0.3) is 12.2 Å². The van der Waals surface area contributed by atoms with Gasteiger partial charge in [0.2, 0.25) is 11.6 Å². The SMILES string of the molecule is O=C1C=CC(=NNc2ccc(C=Cc3ccc(NN=C4C=CC(=O)c5ncccc54)cc3S(=O)(=O)O)c(S(=O)(=O)O)c2)c2cccnc21.[Na]. The summed E-state index contributed by atoms with van der Waals surface area (Å²) in [5, 5.41) is 8.49. The number of hydrogen-bond donors (Lipinski definition) is 4. The van der Waals surface area contributed by atoms with E-state index in [1.165, 1.54) is 73.1 Å². The number of hydrazone groups is 2. The Balaban J connectivity index is 0.00000468. The first-order valence-corrected chi connectivity index (χ1v) is 16.7. The minimum absolute atomic E-state index is 0. The molecule has 0 spiro atoms. The third-order valence-corrected chi connectivity index (χ3v) is 8.87. The van der Waals surface area contributed by atoms with Crippen molar-refractivity contribution in [3.8, 4) is 0 Å². The summed E-state index contributed by atoms with van der Waals surface area (Å²) < 4.78 is 69.2. The summed E-state index contributed by atoms with van der Waals surface area (Å²) in [6.07, 6.45) is 11.0. The number of aromatic nitrogens is 2. The normalized spacial score (nSPS) is 15.6. The molecule has 241 valence electrons. The molecule has 2 aromatic heterocycles. The number of carbonyl (C=O) groups is 2. The molecule has 14 nitrogen and oxygen atoms in total. The first kappa shape index (κ1) is 35.4. The second kappa shape index (κ2) is 14.3. The Morgan fingerprint density at radius 3 is 1.41 bits per heavy atom. The quantitative estimate of drug-likeness (QED) is 0.0888. The van der Waals surface area contributed by atoms with Crippen LogP contribution in [0.2, 0.25) is 0 Å². The zero-order valence-electron chi connectivity index (χ0n) is 25.3. The van der Waals surface area contributed by atoms with Crippen molar-refractivity contribution in [3.05, 3.63) is 131 Å². The molecule has 4 N–H and O–H groups in total. The Bertz CT molecular complexity index is 2240. The van der Waals surface area contributed by atoms with Gasteiger partial charge in [0.05, 0.1) is 22.8 Å². The second-order valence-corrected chi connectivity index (χ2v) is 13.0. The molecule has 0 aliphatic heterocycles. The topological polar surface area (TPSA) is 217 Å². The third-order valence-electron chi connectivity index (χ3n) is 7.06. The number of carbonyl (C=O) groups excluding carboxylic acids is 2. The molecular formula is C32H22N6NaO8S2. The summed E-state index contributed by atoms with van der Waals surface area (Å²) in [5.74, 6) is -0.572. The van der Waals surface area contributed by atoms with Gasteiger partial charge in [-0.3, -0.25) is 39.5 Å². The molecule has 1 radical (unpaired) electrons. The molecule has 0 fully saturated rings. The molecule has 2 aliphatic carbocycles. The molecule has 49 heavy (non-hydrogen) atoms. The molecule has 0 amide bonds. The molecule has 0 bridgehead atoms. The number of nitrogens with one attached hydrogen (secondary N) is 2. The zero-order valence-corrected chi connectivity index (χ0v) is 29.0.